The van der Waals surface area contributed by atoms with Gasteiger partial charge < -0.3 is 21.6 Å². The predicted molar refractivity (Wildman–Crippen MR) is 63.8 cm³/mol. The van der Waals surface area contributed by atoms with Crippen LogP contribution in [0.2, 0.25) is 0 Å². The number of rotatable bonds is 0. The minimum absolute atomic E-state index is 0. The van der Waals surface area contributed by atoms with Crippen LogP contribution < -0.4 is 0 Å². The van der Waals surface area contributed by atoms with E-state index in [9.17, 15) is 0 Å². The fourth-order valence-electron chi connectivity index (χ4n) is 0. The Labute approximate surface area is 111 Å². The van der Waals surface area contributed by atoms with Gasteiger partial charge in [-0.3, -0.25) is 0 Å². The van der Waals surface area contributed by atoms with Crippen molar-refractivity contribution in [3.8, 4) is 0 Å². The van der Waals surface area contributed by atoms with E-state index >= 15 is 0 Å². The van der Waals surface area contributed by atoms with Crippen molar-refractivity contribution < 1.29 is 20.4 Å². The third-order valence-electron chi connectivity index (χ3n) is 0. The van der Waals surface area contributed by atoms with Gasteiger partial charge >= 0.3 is 0 Å². The Morgan fingerprint density at radius 3 is 0.538 bits per heavy atom. The molecule has 0 aliphatic carbocycles. The van der Waals surface area contributed by atoms with Gasteiger partial charge in [-0.25, -0.2) is 0 Å². The van der Waals surface area contributed by atoms with Gasteiger partial charge in [0.15, 0.2) is 0 Å². The second-order valence-corrected chi connectivity index (χ2v) is 1.10. The predicted octanol–water partition coefficient (Wildman–Crippen LogP) is 2.63. The third kappa shape index (κ3) is 60900. The van der Waals surface area contributed by atoms with Gasteiger partial charge in [0, 0.05) is 20.4 Å². The van der Waals surface area contributed by atoms with Crippen LogP contribution in [-0.4, -0.2) is 20.6 Å². The van der Waals surface area contributed by atoms with Crippen molar-refractivity contribution in [3.63, 3.8) is 0 Å². The minimum Gasteiger partial charge on any atom is -0.753 e. The molecule has 0 amide bonds. The second kappa shape index (κ2) is 93.8. The largest absolute Gasteiger partial charge is 0.753 e. The quantitative estimate of drug-likeness (QED) is 0.447. The zero-order valence-corrected chi connectivity index (χ0v) is 11.8. The molecule has 71 valence electrons. The number of hydrogen-bond donors (Lipinski definition) is 0. The molecule has 0 bridgehead atoms. The molecule has 0 aliphatic rings. The van der Waals surface area contributed by atoms with E-state index in [1.165, 1.54) is 20.6 Å². The van der Waals surface area contributed by atoms with Crippen molar-refractivity contribution in [2.45, 2.75) is 0 Å². The van der Waals surface area contributed by atoms with E-state index in [1.54, 1.807) is 0 Å². The van der Waals surface area contributed by atoms with Crippen LogP contribution in [-0.2, 0) is 20.4 Å². The Balaban J connectivity index is -0.0000000213. The zero-order valence-electron chi connectivity index (χ0n) is 5.80. The first-order chi connectivity index (χ1) is 5.66. The van der Waals surface area contributed by atoms with Crippen LogP contribution in [0.5, 0.6) is 0 Å². The standard InChI is InChI=1S/4CNS.Re/c4*2-1-3;/q4*-1;. The number of nitrogens with zero attached hydrogens (tertiary/aromatic N) is 4. The molecule has 9 heteroatoms. The Morgan fingerprint density at radius 2 is 0.538 bits per heavy atom. The molecule has 0 N–H and O–H groups in total. The van der Waals surface area contributed by atoms with E-state index in [-0.39, 0.29) is 20.4 Å². The monoisotopic (exact) mass is 419 g/mol. The van der Waals surface area contributed by atoms with Crippen molar-refractivity contribution in [1.82, 2.24) is 0 Å². The topological polar surface area (TPSA) is 89.2 Å². The summed E-state index contributed by atoms with van der Waals surface area (Å²) >= 11 is 14.8. The van der Waals surface area contributed by atoms with E-state index in [1.807, 2.05) is 0 Å². The zero-order chi connectivity index (χ0) is 10.8. The fraction of sp³-hybridized carbons (Fsp3) is 0. The van der Waals surface area contributed by atoms with Crippen molar-refractivity contribution in [3.05, 3.63) is 21.6 Å². The summed E-state index contributed by atoms with van der Waals surface area (Å²) in [6, 6.07) is 0. The van der Waals surface area contributed by atoms with Crippen LogP contribution in [0.3, 0.4) is 0 Å². The molecule has 4 nitrogen and oxygen atoms in total. The first-order valence-electron chi connectivity index (χ1n) is 1.71. The van der Waals surface area contributed by atoms with Crippen LogP contribution in [0, 0.1) is 0 Å². The normalized spacial score (nSPS) is 2.46. The molecule has 13 heavy (non-hydrogen) atoms. The third-order valence-corrected chi connectivity index (χ3v) is 0. The van der Waals surface area contributed by atoms with Gasteiger partial charge in [0.05, 0.1) is 0 Å². The number of isothiocyanates is 4. The van der Waals surface area contributed by atoms with Crippen LogP contribution in [0.15, 0.2) is 0 Å². The van der Waals surface area contributed by atoms with Gasteiger partial charge in [-0.15, -0.1) is 0 Å². The van der Waals surface area contributed by atoms with E-state index in [2.05, 4.69) is 48.9 Å². The molecule has 0 fully saturated rings. The molecule has 0 aromatic rings. The molecule has 0 saturated carbocycles. The molecule has 0 unspecified atom stereocenters. The van der Waals surface area contributed by atoms with Crippen molar-refractivity contribution >= 4 is 69.5 Å². The van der Waals surface area contributed by atoms with Gasteiger partial charge in [0.2, 0.25) is 0 Å². The van der Waals surface area contributed by atoms with E-state index < -0.39 is 0 Å². The molecule has 0 heterocycles. The van der Waals surface area contributed by atoms with E-state index in [0.717, 1.165) is 0 Å². The van der Waals surface area contributed by atoms with Gasteiger partial charge in [0.1, 0.15) is 0 Å². The van der Waals surface area contributed by atoms with Crippen LogP contribution in [0.25, 0.3) is 21.6 Å². The summed E-state index contributed by atoms with van der Waals surface area (Å²) in [5, 5.41) is 33.9. The molecule has 0 spiro atoms. The molecule has 0 rings (SSSR count). The number of thiocarbonyl (C=S) groups is 4. The first-order valence-corrected chi connectivity index (χ1v) is 3.34. The van der Waals surface area contributed by atoms with Crippen LogP contribution in [0.4, 0.5) is 0 Å². The van der Waals surface area contributed by atoms with Gasteiger partial charge in [-0.1, -0.05) is 48.9 Å². The molecular formula is C4N4ReS4-4. The number of hydrogen-bond acceptors (Lipinski definition) is 4. The van der Waals surface area contributed by atoms with Crippen molar-refractivity contribution in [2.24, 2.45) is 0 Å². The van der Waals surface area contributed by atoms with Crippen LogP contribution in [0.1, 0.15) is 0 Å². The van der Waals surface area contributed by atoms with E-state index in [4.69, 9.17) is 21.6 Å². The summed E-state index contributed by atoms with van der Waals surface area (Å²) in [7, 11) is 0. The summed E-state index contributed by atoms with van der Waals surface area (Å²) in [6.07, 6.45) is 0. The Morgan fingerprint density at radius 1 is 0.538 bits per heavy atom. The maximum absolute atomic E-state index is 7.13. The first kappa shape index (κ1) is 29.3. The average Bonchev–Trinajstić information content (AvgIpc) is 1.92. The minimum atomic E-state index is 0. The second-order valence-electron chi connectivity index (χ2n) is 0.365. The summed E-state index contributed by atoms with van der Waals surface area (Å²) < 4.78 is 0. The SMILES string of the molecule is [N-]=C=S.[N-]=C=S.[N-]=C=S.[N-]=C=S.[Re]. The molecule has 0 aliphatic heterocycles. The molecular weight excluding hydrogens is 419 g/mol. The maximum atomic E-state index is 7.13. The molecule has 0 aromatic carbocycles. The van der Waals surface area contributed by atoms with Crippen molar-refractivity contribution in [2.75, 3.05) is 0 Å². The summed E-state index contributed by atoms with van der Waals surface area (Å²) in [4.78, 5) is 0. The maximum Gasteiger partial charge on any atom is 0 e. The van der Waals surface area contributed by atoms with Crippen LogP contribution >= 0.6 is 48.9 Å². The Kier molecular flexibility index (Phi) is 211. The van der Waals surface area contributed by atoms with E-state index in [0.29, 0.717) is 0 Å². The smallest absolute Gasteiger partial charge is 0 e. The summed E-state index contributed by atoms with van der Waals surface area (Å²) in [5.74, 6) is 0. The average molecular weight is 419 g/mol. The molecule has 0 aromatic heterocycles. The fourth-order valence-corrected chi connectivity index (χ4v) is 0. The molecule has 0 atom stereocenters. The van der Waals surface area contributed by atoms with Gasteiger partial charge in [0.25, 0.3) is 0 Å². The van der Waals surface area contributed by atoms with Crippen molar-refractivity contribution in [1.29, 1.82) is 0 Å². The Bertz CT molecular complexity index is 156. The summed E-state index contributed by atoms with van der Waals surface area (Å²) in [6.45, 7) is 0. The molecule has 0 saturated heterocycles. The Hall–Kier alpha value is -0.138. The summed E-state index contributed by atoms with van der Waals surface area (Å²) in [5.41, 5.74) is 0. The molecule has 1 radical (unpaired) electrons. The van der Waals surface area contributed by atoms with Gasteiger partial charge in [-0.2, -0.15) is 20.6 Å². The van der Waals surface area contributed by atoms with Gasteiger partial charge in [-0.05, 0) is 0 Å².